The van der Waals surface area contributed by atoms with Crippen LogP contribution in [0, 0.1) is 0 Å². The Balaban J connectivity index is 2.07. The number of halogens is 1. The fourth-order valence-corrected chi connectivity index (χ4v) is 2.37. The molecule has 1 aromatic heterocycles. The van der Waals surface area contributed by atoms with Crippen molar-refractivity contribution in [3.05, 3.63) is 64.8 Å². The third kappa shape index (κ3) is 2.53. The molecule has 3 aromatic rings. The van der Waals surface area contributed by atoms with Gasteiger partial charge in [0.25, 0.3) is 0 Å². The lowest BCUT2D eigenvalue weighted by Crippen LogP contribution is -1.93. The first-order valence-corrected chi connectivity index (χ1v) is 6.98. The number of benzene rings is 2. The Morgan fingerprint density at radius 1 is 1.05 bits per heavy atom. The fraction of sp³-hybridized carbons (Fsp3) is 0.0625. The van der Waals surface area contributed by atoms with E-state index in [1.807, 2.05) is 48.5 Å². The van der Waals surface area contributed by atoms with Crippen LogP contribution >= 0.6 is 15.9 Å². The Bertz CT molecular complexity index is 753. The van der Waals surface area contributed by atoms with Crippen LogP contribution in [0.2, 0.25) is 0 Å². The van der Waals surface area contributed by atoms with Gasteiger partial charge >= 0.3 is 0 Å². The Kier molecular flexibility index (Phi) is 3.67. The summed E-state index contributed by atoms with van der Waals surface area (Å²) < 4.78 is 6.84. The maximum Gasteiger partial charge on any atom is 0.153 e. The number of nitrogens with zero attached hydrogens (tertiary/aromatic N) is 1. The van der Waals surface area contributed by atoms with Gasteiger partial charge < -0.3 is 9.84 Å². The van der Waals surface area contributed by atoms with Crippen LogP contribution in [-0.4, -0.2) is 10.1 Å². The third-order valence-electron chi connectivity index (χ3n) is 3.02. The molecule has 20 heavy (non-hydrogen) atoms. The van der Waals surface area contributed by atoms with E-state index in [1.165, 1.54) is 0 Å². The summed E-state index contributed by atoms with van der Waals surface area (Å²) in [5, 5.41) is 10.4. The number of aliphatic hydroxyl groups excluding tert-OH is 1. The lowest BCUT2D eigenvalue weighted by atomic mass is 10.2. The molecule has 0 saturated heterocycles. The van der Waals surface area contributed by atoms with E-state index in [1.54, 1.807) is 6.20 Å². The Hall–Kier alpha value is -1.91. The minimum atomic E-state index is -0.0686. The van der Waals surface area contributed by atoms with Gasteiger partial charge in [-0.3, -0.25) is 4.98 Å². The Morgan fingerprint density at radius 3 is 2.75 bits per heavy atom. The molecule has 0 aliphatic carbocycles. The monoisotopic (exact) mass is 329 g/mol. The number of para-hydroxylation sites is 1. The highest BCUT2D eigenvalue weighted by atomic mass is 79.9. The third-order valence-corrected chi connectivity index (χ3v) is 3.51. The molecule has 2 aromatic carbocycles. The summed E-state index contributed by atoms with van der Waals surface area (Å²) in [4.78, 5) is 4.36. The predicted molar refractivity (Wildman–Crippen MR) is 81.9 cm³/mol. The van der Waals surface area contributed by atoms with Gasteiger partial charge in [-0.15, -0.1) is 0 Å². The van der Waals surface area contributed by atoms with Crippen molar-refractivity contribution in [2.24, 2.45) is 0 Å². The fourth-order valence-electron chi connectivity index (χ4n) is 2.03. The summed E-state index contributed by atoms with van der Waals surface area (Å²) >= 11 is 3.41. The molecule has 0 spiro atoms. The van der Waals surface area contributed by atoms with Crippen LogP contribution in [0.4, 0.5) is 0 Å². The van der Waals surface area contributed by atoms with Crippen molar-refractivity contribution in [1.82, 2.24) is 4.98 Å². The molecule has 0 bridgehead atoms. The Labute approximate surface area is 125 Å². The lowest BCUT2D eigenvalue weighted by Gasteiger charge is -2.11. The van der Waals surface area contributed by atoms with Gasteiger partial charge in [-0.05, 0) is 24.3 Å². The van der Waals surface area contributed by atoms with Crippen molar-refractivity contribution in [1.29, 1.82) is 0 Å². The van der Waals surface area contributed by atoms with Gasteiger partial charge in [-0.2, -0.15) is 0 Å². The maximum atomic E-state index is 9.39. The average molecular weight is 330 g/mol. The van der Waals surface area contributed by atoms with E-state index in [-0.39, 0.29) is 6.61 Å². The molecule has 1 N–H and O–H groups in total. The first-order valence-electron chi connectivity index (χ1n) is 6.19. The second-order valence-electron chi connectivity index (χ2n) is 4.34. The predicted octanol–water partition coefficient (Wildman–Crippen LogP) is 4.28. The van der Waals surface area contributed by atoms with Gasteiger partial charge in [0.05, 0.1) is 6.61 Å². The van der Waals surface area contributed by atoms with Gasteiger partial charge in [0.2, 0.25) is 0 Å². The number of pyridine rings is 1. The topological polar surface area (TPSA) is 42.4 Å². The molecule has 3 rings (SSSR count). The van der Waals surface area contributed by atoms with Crippen LogP contribution in [0.25, 0.3) is 10.9 Å². The molecule has 100 valence electrons. The van der Waals surface area contributed by atoms with Crippen molar-refractivity contribution >= 4 is 26.8 Å². The second kappa shape index (κ2) is 5.61. The zero-order valence-corrected chi connectivity index (χ0v) is 12.2. The van der Waals surface area contributed by atoms with Crippen LogP contribution in [0.3, 0.4) is 0 Å². The summed E-state index contributed by atoms with van der Waals surface area (Å²) in [6, 6.07) is 15.2. The van der Waals surface area contributed by atoms with Crippen LogP contribution in [0.5, 0.6) is 11.5 Å². The number of aromatic nitrogens is 1. The zero-order chi connectivity index (χ0) is 13.9. The molecule has 3 nitrogen and oxygen atoms in total. The van der Waals surface area contributed by atoms with Crippen molar-refractivity contribution in [3.63, 3.8) is 0 Å². The molecule has 0 radical (unpaired) electrons. The maximum absolute atomic E-state index is 9.39. The zero-order valence-electron chi connectivity index (χ0n) is 10.6. The van der Waals surface area contributed by atoms with Crippen molar-refractivity contribution in [2.45, 2.75) is 6.61 Å². The first kappa shape index (κ1) is 13.1. The number of rotatable bonds is 3. The molecule has 4 heteroatoms. The highest BCUT2D eigenvalue weighted by molar-refractivity contribution is 9.10. The smallest absolute Gasteiger partial charge is 0.153 e. The van der Waals surface area contributed by atoms with E-state index in [0.29, 0.717) is 11.5 Å². The number of hydrogen-bond acceptors (Lipinski definition) is 3. The number of ether oxygens (including phenoxy) is 1. The van der Waals surface area contributed by atoms with Gasteiger partial charge in [0.1, 0.15) is 11.3 Å². The first-order chi connectivity index (χ1) is 9.78. The van der Waals surface area contributed by atoms with Crippen molar-refractivity contribution in [3.8, 4) is 11.5 Å². The molecule has 0 saturated carbocycles. The minimum absolute atomic E-state index is 0.0686. The molecule has 0 unspecified atom stereocenters. The van der Waals surface area contributed by atoms with E-state index in [4.69, 9.17) is 4.74 Å². The van der Waals surface area contributed by atoms with Gasteiger partial charge in [0.15, 0.2) is 5.75 Å². The normalized spacial score (nSPS) is 10.7. The van der Waals surface area contributed by atoms with E-state index in [2.05, 4.69) is 20.9 Å². The summed E-state index contributed by atoms with van der Waals surface area (Å²) in [6.45, 7) is -0.0686. The molecular formula is C16H12BrNO2. The second-order valence-corrected chi connectivity index (χ2v) is 5.26. The van der Waals surface area contributed by atoms with Crippen LogP contribution in [-0.2, 0) is 6.61 Å². The summed E-state index contributed by atoms with van der Waals surface area (Å²) in [7, 11) is 0. The van der Waals surface area contributed by atoms with E-state index >= 15 is 0 Å². The highest BCUT2D eigenvalue weighted by Gasteiger charge is 2.08. The van der Waals surface area contributed by atoms with E-state index in [9.17, 15) is 5.11 Å². The Morgan fingerprint density at radius 2 is 1.90 bits per heavy atom. The van der Waals surface area contributed by atoms with E-state index in [0.717, 1.165) is 20.9 Å². The number of aliphatic hydroxyl groups is 1. The minimum Gasteiger partial charge on any atom is -0.455 e. The van der Waals surface area contributed by atoms with Crippen molar-refractivity contribution < 1.29 is 9.84 Å². The molecular weight excluding hydrogens is 318 g/mol. The highest BCUT2D eigenvalue weighted by Crippen LogP contribution is 2.32. The SMILES string of the molecule is OCc1ccc(Br)cc1Oc1cccc2cccnc12. The molecule has 0 aliphatic heterocycles. The quantitative estimate of drug-likeness (QED) is 0.779. The van der Waals surface area contributed by atoms with Crippen molar-refractivity contribution in [2.75, 3.05) is 0 Å². The molecule has 1 heterocycles. The standard InChI is InChI=1S/C16H12BrNO2/c17-13-7-6-12(10-19)15(9-13)20-14-5-1-3-11-4-2-8-18-16(11)14/h1-9,19H,10H2. The summed E-state index contributed by atoms with van der Waals surface area (Å²) in [5.41, 5.74) is 1.54. The average Bonchev–Trinajstić information content (AvgIpc) is 2.48. The van der Waals surface area contributed by atoms with Gasteiger partial charge in [0, 0.05) is 21.6 Å². The molecule has 0 amide bonds. The number of hydrogen-bond donors (Lipinski definition) is 1. The lowest BCUT2D eigenvalue weighted by molar-refractivity contribution is 0.276. The van der Waals surface area contributed by atoms with Gasteiger partial charge in [-0.25, -0.2) is 0 Å². The van der Waals surface area contributed by atoms with Gasteiger partial charge in [-0.1, -0.05) is 40.2 Å². The molecule has 0 aliphatic rings. The summed E-state index contributed by atoms with van der Waals surface area (Å²) in [6.07, 6.45) is 1.74. The van der Waals surface area contributed by atoms with Crippen LogP contribution in [0.1, 0.15) is 5.56 Å². The molecule has 0 atom stereocenters. The number of fused-ring (bicyclic) bond motifs is 1. The largest absolute Gasteiger partial charge is 0.455 e. The van der Waals surface area contributed by atoms with Crippen LogP contribution in [0.15, 0.2) is 59.2 Å². The molecule has 0 fully saturated rings. The van der Waals surface area contributed by atoms with E-state index < -0.39 is 0 Å². The summed E-state index contributed by atoms with van der Waals surface area (Å²) in [5.74, 6) is 1.30. The van der Waals surface area contributed by atoms with Crippen LogP contribution < -0.4 is 4.74 Å².